The minimum atomic E-state index is -3.18. The van der Waals surface area contributed by atoms with Crippen LogP contribution in [0.2, 0.25) is 5.02 Å². The summed E-state index contributed by atoms with van der Waals surface area (Å²) in [5, 5.41) is 3.34. The molecule has 0 aliphatic heterocycles. The Labute approximate surface area is 193 Å². The van der Waals surface area contributed by atoms with Gasteiger partial charge >= 0.3 is 193 Å². The van der Waals surface area contributed by atoms with Crippen molar-refractivity contribution in [1.29, 1.82) is 0 Å². The molecule has 0 spiro atoms. The van der Waals surface area contributed by atoms with Crippen LogP contribution in [0.5, 0.6) is 5.75 Å². The summed E-state index contributed by atoms with van der Waals surface area (Å²) in [5.41, 5.74) is -0.125. The predicted molar refractivity (Wildman–Crippen MR) is 133 cm³/mol. The molecular weight excluding hydrogens is 439 g/mol. The molecule has 0 radical (unpaired) electrons. The van der Waals surface area contributed by atoms with Crippen molar-refractivity contribution in [3.8, 4) is 5.75 Å². The van der Waals surface area contributed by atoms with Gasteiger partial charge in [0.1, 0.15) is 0 Å². The summed E-state index contributed by atoms with van der Waals surface area (Å²) in [6.07, 6.45) is -0.326. The first-order valence-corrected chi connectivity index (χ1v) is 12.6. The summed E-state index contributed by atoms with van der Waals surface area (Å²) in [6, 6.07) is 35.8. The maximum atomic E-state index is 14.1. The molecule has 0 saturated heterocycles. The second kappa shape index (κ2) is 9.91. The Morgan fingerprint density at radius 2 is 1.03 bits per heavy atom. The quantitative estimate of drug-likeness (QED) is 0.171. The average molecular weight is 461 g/mol. The zero-order valence-corrected chi connectivity index (χ0v) is 19.0. The van der Waals surface area contributed by atoms with E-state index in [9.17, 15) is 9.59 Å². The molecule has 160 valence electrons. The topological polar surface area (TPSA) is 43.4 Å². The van der Waals surface area contributed by atoms with E-state index in [2.05, 4.69) is 0 Å². The molecule has 4 rings (SSSR count). The minimum absolute atomic E-state index is 0.125. The molecule has 0 heterocycles. The molecule has 0 saturated carbocycles. The molecule has 0 amide bonds. The van der Waals surface area contributed by atoms with Gasteiger partial charge in [-0.2, -0.15) is 0 Å². The zero-order chi connectivity index (χ0) is 22.4. The molecule has 0 N–H and O–H groups in total. The second-order valence-corrected chi connectivity index (χ2v) is 11.6. The summed E-state index contributed by atoms with van der Waals surface area (Å²) < 4.78 is 5.45. The number of carbonyl (C=O) groups is 2. The van der Waals surface area contributed by atoms with Crippen LogP contribution >= 0.6 is 18.9 Å². The summed E-state index contributed by atoms with van der Waals surface area (Å²) >= 11 is 5.91. The number of esters is 1. The molecule has 0 atom stereocenters. The van der Waals surface area contributed by atoms with Crippen molar-refractivity contribution in [1.82, 2.24) is 0 Å². The van der Waals surface area contributed by atoms with Gasteiger partial charge in [0.05, 0.1) is 0 Å². The van der Waals surface area contributed by atoms with Crippen LogP contribution < -0.4 is 20.7 Å². The summed E-state index contributed by atoms with van der Waals surface area (Å²) in [7, 11) is -3.18. The fourth-order valence-electron chi connectivity index (χ4n) is 3.98. The normalized spacial score (nSPS) is 11.5. The van der Waals surface area contributed by atoms with Crippen molar-refractivity contribution in [2.45, 2.75) is 6.42 Å². The van der Waals surface area contributed by atoms with E-state index in [0.29, 0.717) is 10.8 Å². The Morgan fingerprint density at radius 3 is 1.44 bits per heavy atom. The summed E-state index contributed by atoms with van der Waals surface area (Å²) in [4.78, 5) is 26.9. The van der Waals surface area contributed by atoms with Crippen LogP contribution in [0.4, 0.5) is 0 Å². The Kier molecular flexibility index (Phi) is 6.80. The van der Waals surface area contributed by atoms with Gasteiger partial charge in [-0.1, -0.05) is 0 Å². The van der Waals surface area contributed by atoms with Crippen LogP contribution in [0.25, 0.3) is 0 Å². The van der Waals surface area contributed by atoms with Gasteiger partial charge in [0.15, 0.2) is 0 Å². The molecule has 4 aromatic carbocycles. The van der Waals surface area contributed by atoms with Gasteiger partial charge in [-0.15, -0.1) is 0 Å². The van der Waals surface area contributed by atoms with E-state index in [1.54, 1.807) is 24.3 Å². The van der Waals surface area contributed by atoms with E-state index in [0.717, 1.165) is 15.9 Å². The maximum absolute atomic E-state index is 14.1. The molecule has 4 aromatic rings. The third-order valence-corrected chi connectivity index (χ3v) is 10.3. The molecule has 3 nitrogen and oxygen atoms in total. The standard InChI is InChI=1S/C27H22ClO3P/c28-21-16-18-22(19-17-21)31-26(29)20-27(30)32(23-10-4-1-5-11-23,24-12-6-2-7-13-24)25-14-8-3-9-15-25/h1-19,32H,20H2. The van der Waals surface area contributed by atoms with Crippen LogP contribution in [0.1, 0.15) is 6.42 Å². The number of hydrogen-bond donors (Lipinski definition) is 0. The van der Waals surface area contributed by atoms with E-state index in [1.807, 2.05) is 91.0 Å². The van der Waals surface area contributed by atoms with Gasteiger partial charge < -0.3 is 0 Å². The van der Waals surface area contributed by atoms with Crippen LogP contribution in [0.15, 0.2) is 115 Å². The number of hydrogen-bond acceptors (Lipinski definition) is 3. The Hall–Kier alpha value is -3.26. The van der Waals surface area contributed by atoms with E-state index in [4.69, 9.17) is 16.3 Å². The van der Waals surface area contributed by atoms with Gasteiger partial charge in [-0.05, 0) is 0 Å². The van der Waals surface area contributed by atoms with E-state index >= 15 is 0 Å². The van der Waals surface area contributed by atoms with E-state index < -0.39 is 13.2 Å². The molecule has 0 bridgehead atoms. The summed E-state index contributed by atoms with van der Waals surface area (Å²) in [5.74, 6) is -0.226. The van der Waals surface area contributed by atoms with E-state index in [-0.39, 0.29) is 11.9 Å². The van der Waals surface area contributed by atoms with Crippen molar-refractivity contribution >= 4 is 46.3 Å². The van der Waals surface area contributed by atoms with Crippen molar-refractivity contribution in [2.75, 3.05) is 0 Å². The fraction of sp³-hybridized carbons (Fsp3) is 0.0370. The Bertz CT molecular complexity index is 1100. The fourth-order valence-corrected chi connectivity index (χ4v) is 8.56. The number of carbonyl (C=O) groups excluding carboxylic acids is 2. The first-order valence-electron chi connectivity index (χ1n) is 10.3. The van der Waals surface area contributed by atoms with Crippen molar-refractivity contribution in [2.24, 2.45) is 0 Å². The van der Waals surface area contributed by atoms with E-state index in [1.165, 1.54) is 0 Å². The van der Waals surface area contributed by atoms with Crippen LogP contribution in [0, 0.1) is 0 Å². The van der Waals surface area contributed by atoms with Gasteiger partial charge in [0.2, 0.25) is 0 Å². The second-order valence-electron chi connectivity index (χ2n) is 7.38. The monoisotopic (exact) mass is 460 g/mol. The third-order valence-electron chi connectivity index (χ3n) is 5.39. The molecule has 0 aromatic heterocycles. The molecule has 0 unspecified atom stereocenters. The van der Waals surface area contributed by atoms with Crippen molar-refractivity contribution in [3.05, 3.63) is 120 Å². The van der Waals surface area contributed by atoms with Gasteiger partial charge in [0.25, 0.3) is 0 Å². The van der Waals surface area contributed by atoms with Crippen LogP contribution in [0.3, 0.4) is 0 Å². The first kappa shape index (κ1) is 22.0. The molecular formula is C27H22ClO3P. The summed E-state index contributed by atoms with van der Waals surface area (Å²) in [6.45, 7) is 0. The number of ether oxygens (including phenoxy) is 1. The SMILES string of the molecule is O=C(CC(=O)[PH](c1ccccc1)(c1ccccc1)c1ccccc1)Oc1ccc(Cl)cc1. The molecule has 0 aliphatic carbocycles. The van der Waals surface area contributed by atoms with Crippen LogP contribution in [-0.2, 0) is 9.59 Å². The third kappa shape index (κ3) is 4.50. The average Bonchev–Trinajstić information content (AvgIpc) is 2.83. The van der Waals surface area contributed by atoms with Gasteiger partial charge in [-0.3, -0.25) is 0 Å². The number of rotatable bonds is 7. The molecule has 5 heteroatoms. The van der Waals surface area contributed by atoms with Gasteiger partial charge in [0, 0.05) is 0 Å². The number of benzene rings is 4. The zero-order valence-electron chi connectivity index (χ0n) is 17.3. The Morgan fingerprint density at radius 1 is 0.625 bits per heavy atom. The van der Waals surface area contributed by atoms with Gasteiger partial charge in [-0.25, -0.2) is 0 Å². The number of halogens is 1. The molecule has 0 fully saturated rings. The Balaban J connectivity index is 1.79. The predicted octanol–water partition coefficient (Wildman–Crippen LogP) is 4.89. The van der Waals surface area contributed by atoms with Crippen molar-refractivity contribution in [3.63, 3.8) is 0 Å². The molecule has 0 aliphatic rings. The molecule has 32 heavy (non-hydrogen) atoms. The van der Waals surface area contributed by atoms with Crippen molar-refractivity contribution < 1.29 is 14.3 Å². The first-order chi connectivity index (χ1) is 15.6. The van der Waals surface area contributed by atoms with Crippen LogP contribution in [-0.4, -0.2) is 11.5 Å².